The zero-order valence-corrected chi connectivity index (χ0v) is 16.5. The van der Waals surface area contributed by atoms with E-state index < -0.39 is 11.7 Å². The summed E-state index contributed by atoms with van der Waals surface area (Å²) in [4.78, 5) is 21.9. The normalized spacial score (nSPS) is 17.5. The largest absolute Gasteiger partial charge is 0.416 e. The number of hydrogen-bond donors (Lipinski definition) is 1. The van der Waals surface area contributed by atoms with Gasteiger partial charge in [0.1, 0.15) is 11.2 Å². The summed E-state index contributed by atoms with van der Waals surface area (Å²) in [6.07, 6.45) is -0.968. The van der Waals surface area contributed by atoms with Gasteiger partial charge in [0.15, 0.2) is 5.65 Å². The van der Waals surface area contributed by atoms with Crippen LogP contribution in [0.1, 0.15) is 42.8 Å². The third kappa shape index (κ3) is 3.96. The van der Waals surface area contributed by atoms with Gasteiger partial charge in [-0.05, 0) is 31.4 Å². The smallest absolute Gasteiger partial charge is 0.373 e. The van der Waals surface area contributed by atoms with Gasteiger partial charge in [-0.25, -0.2) is 9.67 Å². The van der Waals surface area contributed by atoms with Crippen LogP contribution in [0.5, 0.6) is 0 Å². The van der Waals surface area contributed by atoms with Gasteiger partial charge in [-0.1, -0.05) is 24.8 Å². The molecule has 1 atom stereocenters. The summed E-state index contributed by atoms with van der Waals surface area (Å²) in [5.41, 5.74) is 0.780. The first-order valence-corrected chi connectivity index (χ1v) is 9.75. The minimum absolute atomic E-state index is 0.0451. The van der Waals surface area contributed by atoms with Crippen LogP contribution >= 0.6 is 0 Å². The third-order valence-electron chi connectivity index (χ3n) is 5.42. The first kappa shape index (κ1) is 20.2. The number of likely N-dealkylation sites (tertiary alicyclic amines) is 1. The first-order valence-electron chi connectivity index (χ1n) is 9.75. The highest BCUT2D eigenvalue weighted by Gasteiger charge is 2.30. The molecule has 4 rings (SSSR count). The fourth-order valence-electron chi connectivity index (χ4n) is 3.88. The molecule has 0 amide bonds. The Morgan fingerprint density at radius 2 is 2.17 bits per heavy atom. The highest BCUT2D eigenvalue weighted by Crippen LogP contribution is 2.30. The Morgan fingerprint density at radius 3 is 2.90 bits per heavy atom. The molecule has 0 bridgehead atoms. The molecular weight excluding hydrogens is 395 g/mol. The van der Waals surface area contributed by atoms with E-state index in [-0.39, 0.29) is 18.0 Å². The van der Waals surface area contributed by atoms with Gasteiger partial charge < -0.3 is 9.88 Å². The number of alkyl halides is 3. The lowest BCUT2D eigenvalue weighted by Gasteiger charge is -2.34. The Labute approximate surface area is 171 Å². The van der Waals surface area contributed by atoms with Crippen molar-refractivity contribution >= 4 is 11.0 Å². The van der Waals surface area contributed by atoms with Crippen LogP contribution in [0, 0.1) is 0 Å². The highest BCUT2D eigenvalue weighted by molar-refractivity contribution is 5.73. The maximum Gasteiger partial charge on any atom is 0.416 e. The molecule has 1 aliphatic heterocycles. The van der Waals surface area contributed by atoms with Crippen LogP contribution < -0.4 is 5.56 Å². The van der Waals surface area contributed by atoms with Crippen molar-refractivity contribution in [2.24, 2.45) is 0 Å². The lowest BCUT2D eigenvalue weighted by molar-refractivity contribution is -0.137. The number of rotatable bonds is 4. The SMILES string of the molecule is C=C(C)N1CCCC(n2ncc3c(=O)[nH]c(Cc4cccc(C(F)(F)F)c4)nc32)C1. The molecule has 1 unspecified atom stereocenters. The van der Waals surface area contributed by atoms with Gasteiger partial charge in [-0.2, -0.15) is 18.3 Å². The number of piperidine rings is 1. The van der Waals surface area contributed by atoms with Gasteiger partial charge in [0.05, 0.1) is 17.8 Å². The number of aromatic nitrogens is 4. The van der Waals surface area contributed by atoms with E-state index in [4.69, 9.17) is 0 Å². The average Bonchev–Trinajstić information content (AvgIpc) is 3.12. The Kier molecular flexibility index (Phi) is 5.13. The van der Waals surface area contributed by atoms with E-state index in [9.17, 15) is 18.0 Å². The van der Waals surface area contributed by atoms with E-state index in [1.165, 1.54) is 12.3 Å². The number of hydrogen-bond acceptors (Lipinski definition) is 4. The van der Waals surface area contributed by atoms with Crippen LogP contribution in [0.15, 0.2) is 47.5 Å². The number of aromatic amines is 1. The summed E-state index contributed by atoms with van der Waals surface area (Å²) in [6.45, 7) is 7.62. The van der Waals surface area contributed by atoms with Crippen molar-refractivity contribution in [1.82, 2.24) is 24.6 Å². The minimum Gasteiger partial charge on any atom is -0.373 e. The maximum atomic E-state index is 13.0. The molecule has 1 aromatic carbocycles. The number of allylic oxidation sites excluding steroid dienone is 1. The number of fused-ring (bicyclic) bond motifs is 1. The first-order chi connectivity index (χ1) is 14.2. The second-order valence-corrected chi connectivity index (χ2v) is 7.69. The molecule has 1 N–H and O–H groups in total. The number of nitrogens with one attached hydrogen (secondary N) is 1. The minimum atomic E-state index is -4.42. The highest BCUT2D eigenvalue weighted by atomic mass is 19.4. The molecule has 0 spiro atoms. The Balaban J connectivity index is 1.67. The fourth-order valence-corrected chi connectivity index (χ4v) is 3.88. The zero-order chi connectivity index (χ0) is 21.5. The van der Waals surface area contributed by atoms with E-state index in [1.54, 1.807) is 10.7 Å². The molecule has 1 saturated heterocycles. The molecule has 0 radical (unpaired) electrons. The van der Waals surface area contributed by atoms with Crippen LogP contribution in [0.25, 0.3) is 11.0 Å². The van der Waals surface area contributed by atoms with Gasteiger partial charge in [-0.15, -0.1) is 0 Å². The molecule has 0 saturated carbocycles. The predicted octanol–water partition coefficient (Wildman–Crippen LogP) is 3.90. The van der Waals surface area contributed by atoms with Crippen molar-refractivity contribution in [1.29, 1.82) is 0 Å². The number of halogens is 3. The molecule has 3 heterocycles. The maximum absolute atomic E-state index is 13.0. The molecule has 1 aliphatic rings. The van der Waals surface area contributed by atoms with Crippen molar-refractivity contribution in [3.05, 3.63) is 70.0 Å². The fraction of sp³-hybridized carbons (Fsp3) is 0.381. The number of benzene rings is 1. The van der Waals surface area contributed by atoms with Gasteiger partial charge in [0.25, 0.3) is 5.56 Å². The average molecular weight is 417 g/mol. The lowest BCUT2D eigenvalue weighted by Crippen LogP contribution is -2.35. The molecule has 6 nitrogen and oxygen atoms in total. The van der Waals surface area contributed by atoms with Crippen LogP contribution in [-0.2, 0) is 12.6 Å². The van der Waals surface area contributed by atoms with Gasteiger partial charge >= 0.3 is 6.18 Å². The number of nitrogens with zero attached hydrogens (tertiary/aromatic N) is 4. The van der Waals surface area contributed by atoms with Crippen LogP contribution in [0.2, 0.25) is 0 Å². The number of H-pyrrole nitrogens is 1. The van der Waals surface area contributed by atoms with Crippen LogP contribution in [-0.4, -0.2) is 37.7 Å². The molecule has 9 heteroatoms. The second-order valence-electron chi connectivity index (χ2n) is 7.69. The summed E-state index contributed by atoms with van der Waals surface area (Å²) in [7, 11) is 0. The van der Waals surface area contributed by atoms with Crippen molar-refractivity contribution in [2.45, 2.75) is 38.4 Å². The molecule has 2 aromatic heterocycles. The quantitative estimate of drug-likeness (QED) is 0.699. The molecular formula is C21H22F3N5O. The zero-order valence-electron chi connectivity index (χ0n) is 16.5. The van der Waals surface area contributed by atoms with E-state index in [0.29, 0.717) is 22.4 Å². The standard InChI is InChI=1S/C21H22F3N5O/c1-13(2)28-8-4-7-16(12-28)29-19-17(11-25-29)20(30)27-18(26-19)10-14-5-3-6-15(9-14)21(22,23)24/h3,5-6,9,11,16H,1,4,7-8,10,12H2,2H3,(H,26,27,30). The van der Waals surface area contributed by atoms with Crippen molar-refractivity contribution in [2.75, 3.05) is 13.1 Å². The predicted molar refractivity (Wildman–Crippen MR) is 107 cm³/mol. The van der Waals surface area contributed by atoms with Crippen LogP contribution in [0.4, 0.5) is 13.2 Å². The van der Waals surface area contributed by atoms with Gasteiger partial charge in [0, 0.05) is 25.2 Å². The second kappa shape index (κ2) is 7.62. The Bertz CT molecular complexity index is 1150. The van der Waals surface area contributed by atoms with Crippen molar-refractivity contribution in [3.8, 4) is 0 Å². The Morgan fingerprint density at radius 1 is 1.37 bits per heavy atom. The summed E-state index contributed by atoms with van der Waals surface area (Å²) in [5, 5.41) is 4.77. The Hall–Kier alpha value is -3.10. The molecule has 0 aliphatic carbocycles. The molecule has 30 heavy (non-hydrogen) atoms. The monoisotopic (exact) mass is 417 g/mol. The summed E-state index contributed by atoms with van der Waals surface area (Å²) in [6, 6.07) is 5.08. The van der Waals surface area contributed by atoms with E-state index in [1.807, 2.05) is 6.92 Å². The third-order valence-corrected chi connectivity index (χ3v) is 5.42. The molecule has 1 fully saturated rings. The van der Waals surface area contributed by atoms with E-state index in [2.05, 4.69) is 26.5 Å². The summed E-state index contributed by atoms with van der Waals surface area (Å²) < 4.78 is 40.7. The van der Waals surface area contributed by atoms with Crippen molar-refractivity contribution in [3.63, 3.8) is 0 Å². The lowest BCUT2D eigenvalue weighted by atomic mass is 10.1. The molecule has 158 valence electrons. The topological polar surface area (TPSA) is 66.8 Å². The van der Waals surface area contributed by atoms with E-state index >= 15 is 0 Å². The van der Waals surface area contributed by atoms with E-state index in [0.717, 1.165) is 43.8 Å². The summed E-state index contributed by atoms with van der Waals surface area (Å²) in [5.74, 6) is 0.307. The van der Waals surface area contributed by atoms with Crippen molar-refractivity contribution < 1.29 is 13.2 Å². The van der Waals surface area contributed by atoms with Crippen LogP contribution in [0.3, 0.4) is 0 Å². The summed E-state index contributed by atoms with van der Waals surface area (Å²) >= 11 is 0. The van der Waals surface area contributed by atoms with Gasteiger partial charge in [0.2, 0.25) is 0 Å². The van der Waals surface area contributed by atoms with Gasteiger partial charge in [-0.3, -0.25) is 4.79 Å². The molecule has 3 aromatic rings.